The summed E-state index contributed by atoms with van der Waals surface area (Å²) >= 11 is 1.67. The minimum absolute atomic E-state index is 0.0714. The SMILES string of the molecule is CC1CCc2sc(C(=O)NCC3CCCC(O)C3)cc2C1. The topological polar surface area (TPSA) is 49.3 Å². The molecule has 0 saturated heterocycles. The lowest BCUT2D eigenvalue weighted by Gasteiger charge is -2.25. The number of carbonyl (C=O) groups excluding carboxylic acids is 1. The molecule has 3 atom stereocenters. The largest absolute Gasteiger partial charge is 0.393 e. The van der Waals surface area contributed by atoms with Crippen LogP contribution >= 0.6 is 11.3 Å². The third-order valence-corrected chi connectivity index (χ3v) is 6.10. The van der Waals surface area contributed by atoms with Gasteiger partial charge in [-0.15, -0.1) is 11.3 Å². The smallest absolute Gasteiger partial charge is 0.261 e. The van der Waals surface area contributed by atoms with Crippen LogP contribution in [0.3, 0.4) is 0 Å². The van der Waals surface area contributed by atoms with E-state index in [-0.39, 0.29) is 12.0 Å². The molecule has 116 valence electrons. The van der Waals surface area contributed by atoms with E-state index in [2.05, 4.69) is 18.3 Å². The fraction of sp³-hybridized carbons (Fsp3) is 0.706. The highest BCUT2D eigenvalue weighted by Gasteiger charge is 2.23. The molecule has 0 aliphatic heterocycles. The van der Waals surface area contributed by atoms with E-state index in [1.807, 2.05) is 0 Å². The van der Waals surface area contributed by atoms with Crippen LogP contribution in [-0.4, -0.2) is 23.7 Å². The molecule has 1 heterocycles. The molecule has 4 heteroatoms. The molecule has 1 aromatic heterocycles. The first-order valence-corrected chi connectivity index (χ1v) is 9.01. The first-order chi connectivity index (χ1) is 10.1. The first-order valence-electron chi connectivity index (χ1n) is 8.19. The lowest BCUT2D eigenvalue weighted by Crippen LogP contribution is -2.32. The first kappa shape index (κ1) is 15.0. The van der Waals surface area contributed by atoms with E-state index >= 15 is 0 Å². The zero-order valence-electron chi connectivity index (χ0n) is 12.7. The third kappa shape index (κ3) is 3.67. The number of nitrogens with one attached hydrogen (secondary N) is 1. The van der Waals surface area contributed by atoms with Gasteiger partial charge in [0.2, 0.25) is 0 Å². The van der Waals surface area contributed by atoms with Crippen molar-refractivity contribution >= 4 is 17.2 Å². The number of hydrogen-bond donors (Lipinski definition) is 2. The second-order valence-corrected chi connectivity index (χ2v) is 7.94. The molecule has 1 amide bonds. The summed E-state index contributed by atoms with van der Waals surface area (Å²) in [6.45, 7) is 2.99. The van der Waals surface area contributed by atoms with Crippen LogP contribution in [0, 0.1) is 11.8 Å². The molecule has 1 fully saturated rings. The normalized spacial score (nSPS) is 29.0. The van der Waals surface area contributed by atoms with E-state index in [4.69, 9.17) is 0 Å². The van der Waals surface area contributed by atoms with Crippen LogP contribution in [0.15, 0.2) is 6.07 Å². The average molecular weight is 307 g/mol. The Morgan fingerprint density at radius 3 is 3.10 bits per heavy atom. The van der Waals surface area contributed by atoms with Gasteiger partial charge in [-0.3, -0.25) is 4.79 Å². The Bertz CT molecular complexity index is 511. The summed E-state index contributed by atoms with van der Waals surface area (Å²) in [7, 11) is 0. The van der Waals surface area contributed by atoms with E-state index in [1.54, 1.807) is 11.3 Å². The van der Waals surface area contributed by atoms with Gasteiger partial charge in [0.15, 0.2) is 0 Å². The van der Waals surface area contributed by atoms with Gasteiger partial charge in [-0.05, 0) is 62.0 Å². The number of aliphatic hydroxyl groups excluding tert-OH is 1. The quantitative estimate of drug-likeness (QED) is 0.901. The van der Waals surface area contributed by atoms with Crippen LogP contribution < -0.4 is 5.32 Å². The van der Waals surface area contributed by atoms with Gasteiger partial charge in [-0.2, -0.15) is 0 Å². The van der Waals surface area contributed by atoms with Gasteiger partial charge < -0.3 is 10.4 Å². The predicted molar refractivity (Wildman–Crippen MR) is 85.8 cm³/mol. The predicted octanol–water partition coefficient (Wildman–Crippen LogP) is 3.15. The number of fused-ring (bicyclic) bond motifs is 1. The van der Waals surface area contributed by atoms with E-state index in [9.17, 15) is 9.90 Å². The van der Waals surface area contributed by atoms with Crippen molar-refractivity contribution < 1.29 is 9.90 Å². The standard InChI is InChI=1S/C17H25NO2S/c1-11-5-6-15-13(7-11)9-16(21-15)17(20)18-10-12-3-2-4-14(19)8-12/h9,11-12,14,19H,2-8,10H2,1H3,(H,18,20). The van der Waals surface area contributed by atoms with Crippen molar-refractivity contribution in [2.75, 3.05) is 6.54 Å². The molecule has 0 spiro atoms. The van der Waals surface area contributed by atoms with E-state index in [0.717, 1.165) is 49.3 Å². The molecular formula is C17H25NO2S. The molecule has 0 aromatic carbocycles. The van der Waals surface area contributed by atoms with Crippen molar-refractivity contribution in [3.63, 3.8) is 0 Å². The number of amides is 1. The number of thiophene rings is 1. The maximum atomic E-state index is 12.3. The van der Waals surface area contributed by atoms with Crippen LogP contribution in [0.1, 0.15) is 59.1 Å². The second-order valence-electron chi connectivity index (χ2n) is 6.80. The van der Waals surface area contributed by atoms with Gasteiger partial charge in [0.05, 0.1) is 11.0 Å². The van der Waals surface area contributed by atoms with Crippen molar-refractivity contribution in [2.45, 2.75) is 58.0 Å². The van der Waals surface area contributed by atoms with Crippen molar-refractivity contribution in [3.05, 3.63) is 21.4 Å². The molecule has 3 rings (SSSR count). The van der Waals surface area contributed by atoms with Gasteiger partial charge in [-0.25, -0.2) is 0 Å². The fourth-order valence-corrected chi connectivity index (χ4v) is 4.71. The maximum absolute atomic E-state index is 12.3. The van der Waals surface area contributed by atoms with Gasteiger partial charge in [0.1, 0.15) is 0 Å². The number of aryl methyl sites for hydroxylation is 1. The summed E-state index contributed by atoms with van der Waals surface area (Å²) in [5.74, 6) is 1.25. The summed E-state index contributed by atoms with van der Waals surface area (Å²) in [6, 6.07) is 2.10. The maximum Gasteiger partial charge on any atom is 0.261 e. The summed E-state index contributed by atoms with van der Waals surface area (Å²) in [4.78, 5) is 14.6. The number of hydrogen-bond acceptors (Lipinski definition) is 3. The Morgan fingerprint density at radius 1 is 1.43 bits per heavy atom. The third-order valence-electron chi connectivity index (χ3n) is 4.86. The Labute approximate surface area is 130 Å². The monoisotopic (exact) mass is 307 g/mol. The number of aliphatic hydroxyl groups is 1. The molecule has 3 unspecified atom stereocenters. The number of carbonyl (C=O) groups is 1. The van der Waals surface area contributed by atoms with Crippen LogP contribution in [0.5, 0.6) is 0 Å². The lowest BCUT2D eigenvalue weighted by atomic mass is 9.87. The Kier molecular flexibility index (Phi) is 4.65. The molecule has 2 aliphatic rings. The molecule has 1 saturated carbocycles. The second kappa shape index (κ2) is 6.49. The average Bonchev–Trinajstić information content (AvgIpc) is 2.88. The fourth-order valence-electron chi connectivity index (χ4n) is 3.59. The molecule has 2 N–H and O–H groups in total. The van der Waals surface area contributed by atoms with Gasteiger partial charge in [0, 0.05) is 11.4 Å². The molecule has 0 radical (unpaired) electrons. The lowest BCUT2D eigenvalue weighted by molar-refractivity contribution is 0.0876. The molecule has 3 nitrogen and oxygen atoms in total. The van der Waals surface area contributed by atoms with E-state index in [0.29, 0.717) is 12.5 Å². The minimum Gasteiger partial charge on any atom is -0.393 e. The van der Waals surface area contributed by atoms with Crippen LogP contribution in [0.4, 0.5) is 0 Å². The summed E-state index contributed by atoms with van der Waals surface area (Å²) in [6.07, 6.45) is 7.27. The zero-order valence-corrected chi connectivity index (χ0v) is 13.5. The number of rotatable bonds is 3. The van der Waals surface area contributed by atoms with Crippen molar-refractivity contribution in [1.82, 2.24) is 5.32 Å². The highest BCUT2D eigenvalue weighted by molar-refractivity contribution is 7.14. The molecular weight excluding hydrogens is 282 g/mol. The Morgan fingerprint density at radius 2 is 2.29 bits per heavy atom. The van der Waals surface area contributed by atoms with E-state index in [1.165, 1.54) is 16.9 Å². The molecule has 1 aromatic rings. The Hall–Kier alpha value is -0.870. The zero-order chi connectivity index (χ0) is 14.8. The van der Waals surface area contributed by atoms with Crippen molar-refractivity contribution in [2.24, 2.45) is 11.8 Å². The van der Waals surface area contributed by atoms with Crippen molar-refractivity contribution in [1.29, 1.82) is 0 Å². The van der Waals surface area contributed by atoms with Gasteiger partial charge in [0.25, 0.3) is 5.91 Å². The summed E-state index contributed by atoms with van der Waals surface area (Å²) in [5.41, 5.74) is 1.39. The van der Waals surface area contributed by atoms with Crippen LogP contribution in [-0.2, 0) is 12.8 Å². The molecule has 0 bridgehead atoms. The highest BCUT2D eigenvalue weighted by Crippen LogP contribution is 2.32. The van der Waals surface area contributed by atoms with Crippen LogP contribution in [0.25, 0.3) is 0 Å². The minimum atomic E-state index is -0.170. The van der Waals surface area contributed by atoms with Gasteiger partial charge >= 0.3 is 0 Å². The molecule has 21 heavy (non-hydrogen) atoms. The summed E-state index contributed by atoms with van der Waals surface area (Å²) in [5, 5.41) is 12.8. The summed E-state index contributed by atoms with van der Waals surface area (Å²) < 4.78 is 0. The molecule has 2 aliphatic carbocycles. The Balaban J connectivity index is 1.56. The van der Waals surface area contributed by atoms with Crippen LogP contribution in [0.2, 0.25) is 0 Å². The van der Waals surface area contributed by atoms with E-state index < -0.39 is 0 Å². The highest BCUT2D eigenvalue weighted by atomic mass is 32.1. The van der Waals surface area contributed by atoms with Gasteiger partial charge in [-0.1, -0.05) is 13.3 Å². The van der Waals surface area contributed by atoms with Crippen molar-refractivity contribution in [3.8, 4) is 0 Å².